The highest BCUT2D eigenvalue weighted by atomic mass is 31.2. The van der Waals surface area contributed by atoms with Crippen LogP contribution in [0.1, 0.15) is 11.1 Å². The molecule has 0 spiro atoms. The van der Waals surface area contributed by atoms with E-state index in [0.717, 1.165) is 27.4 Å². The van der Waals surface area contributed by atoms with E-state index in [4.69, 9.17) is 15.0 Å². The molecular formula is C28H33N7O9P2. The largest absolute Gasteiger partial charge is 0.387 e. The van der Waals surface area contributed by atoms with Crippen LogP contribution in [-0.4, -0.2) is 82.7 Å². The Hall–Kier alpha value is -3.98. The summed E-state index contributed by atoms with van der Waals surface area (Å²) in [6, 6.07) is 17.6. The van der Waals surface area contributed by atoms with Crippen molar-refractivity contribution in [3.63, 3.8) is 0 Å². The van der Waals surface area contributed by atoms with Crippen LogP contribution < -0.4 is 16.2 Å². The molecule has 2 aromatic carbocycles. The lowest BCUT2D eigenvalue weighted by atomic mass is 10.0. The number of benzene rings is 2. The van der Waals surface area contributed by atoms with Gasteiger partial charge in [-0.2, -0.15) is 4.98 Å². The van der Waals surface area contributed by atoms with E-state index < -0.39 is 57.7 Å². The molecule has 6 atom stereocenters. The minimum atomic E-state index is -4.70. The Morgan fingerprint density at radius 3 is 2.48 bits per heavy atom. The number of nitrogens with one attached hydrogen (secondary N) is 1. The molecule has 1 aliphatic rings. The summed E-state index contributed by atoms with van der Waals surface area (Å²) in [5, 5.41) is 21.8. The van der Waals surface area contributed by atoms with E-state index >= 15 is 0 Å². The number of aromatic nitrogens is 4. The summed E-state index contributed by atoms with van der Waals surface area (Å²) in [7, 11) is -9.06. The number of aromatic amines is 1. The van der Waals surface area contributed by atoms with Gasteiger partial charge in [-0.3, -0.25) is 33.1 Å². The number of rotatable bonds is 12. The molecule has 0 radical (unpaired) electrons. The minimum absolute atomic E-state index is 0.0170. The predicted octanol–water partition coefficient (Wildman–Crippen LogP) is 1.90. The highest BCUT2D eigenvalue weighted by molar-refractivity contribution is 7.72. The number of nitrogens with two attached hydrogens (primary N) is 1. The number of nitrogen functional groups attached to an aromatic ring is 1. The first-order valence-corrected chi connectivity index (χ1v) is 17.5. The fraction of sp³-hybridized carbons (Fsp3) is 0.286. The molecule has 3 heterocycles. The van der Waals surface area contributed by atoms with Crippen molar-refractivity contribution < 1.29 is 38.4 Å². The molecule has 18 heteroatoms. The molecule has 1 aliphatic heterocycles. The molecule has 0 bridgehead atoms. The van der Waals surface area contributed by atoms with Gasteiger partial charge in [-0.05, 0) is 23.6 Å². The van der Waals surface area contributed by atoms with E-state index in [9.17, 15) is 33.9 Å². The van der Waals surface area contributed by atoms with Crippen LogP contribution in [0.15, 0.2) is 83.1 Å². The van der Waals surface area contributed by atoms with Crippen LogP contribution in [0.25, 0.3) is 11.1 Å². The SMILES string of the molecule is Cc1c(N(C=NCc2ccc(-c3ccccc3)cc2)C2OC(COP(=O)(O)CP(=O)(O)n3ccnc3)[C@H](O)[C@@H]2O)nc(N)[nH]c1=O. The molecule has 0 aliphatic carbocycles. The number of aliphatic imine (C=N–C) groups is 1. The van der Waals surface area contributed by atoms with Crippen molar-refractivity contribution in [2.24, 2.45) is 4.99 Å². The highest BCUT2D eigenvalue weighted by Crippen LogP contribution is 2.58. The van der Waals surface area contributed by atoms with Crippen LogP contribution in [0.5, 0.6) is 0 Å². The van der Waals surface area contributed by atoms with Gasteiger partial charge < -0.3 is 35.0 Å². The standard InChI is InChI=1S/C28H33N7O9P2/c1-18-25(32-28(29)33-26(18)38)35(16-31-13-19-7-9-21(10-8-19)20-5-3-2-4-6-20)27-24(37)23(36)22(44-27)14-43-46(41,42)17-45(39,40)34-12-11-30-15-34/h2-12,15-16,22-24,27,36-37H,13-14,17H2,1H3,(H,39,40)(H,41,42)(H3,29,32,33,38)/t22?,23-,24-,27?/m0/s1. The number of hydrogen-bond donors (Lipinski definition) is 6. The van der Waals surface area contributed by atoms with Gasteiger partial charge in [0, 0.05) is 12.4 Å². The van der Waals surface area contributed by atoms with E-state index in [1.807, 2.05) is 54.6 Å². The second-order valence-electron chi connectivity index (χ2n) is 10.6. The molecular weight excluding hydrogens is 640 g/mol. The van der Waals surface area contributed by atoms with Crippen LogP contribution in [0.2, 0.25) is 0 Å². The maximum Gasteiger partial charge on any atom is 0.339 e. The lowest BCUT2D eigenvalue weighted by molar-refractivity contribution is -0.0149. The lowest BCUT2D eigenvalue weighted by Crippen LogP contribution is -2.45. The number of aliphatic hydroxyl groups excluding tert-OH is 2. The Morgan fingerprint density at radius 1 is 1.11 bits per heavy atom. The average Bonchev–Trinajstić information content (AvgIpc) is 3.67. The highest BCUT2D eigenvalue weighted by Gasteiger charge is 2.47. The predicted molar refractivity (Wildman–Crippen MR) is 169 cm³/mol. The van der Waals surface area contributed by atoms with Gasteiger partial charge >= 0.3 is 15.1 Å². The van der Waals surface area contributed by atoms with Gasteiger partial charge in [-0.15, -0.1) is 0 Å². The second-order valence-corrected chi connectivity index (χ2v) is 15.0. The van der Waals surface area contributed by atoms with Crippen molar-refractivity contribution >= 4 is 33.2 Å². The Labute approximate surface area is 262 Å². The molecule has 16 nitrogen and oxygen atoms in total. The number of ether oxygens (including phenoxy) is 1. The molecule has 5 rings (SSSR count). The van der Waals surface area contributed by atoms with Crippen molar-refractivity contribution in [1.82, 2.24) is 19.3 Å². The molecule has 244 valence electrons. The number of H-pyrrole nitrogens is 1. The Morgan fingerprint density at radius 2 is 1.80 bits per heavy atom. The zero-order valence-electron chi connectivity index (χ0n) is 24.5. The normalized spacial score (nSPS) is 22.5. The van der Waals surface area contributed by atoms with E-state index in [1.54, 1.807) is 0 Å². The van der Waals surface area contributed by atoms with E-state index in [0.29, 0.717) is 0 Å². The van der Waals surface area contributed by atoms with Crippen molar-refractivity contribution in [1.29, 1.82) is 0 Å². The summed E-state index contributed by atoms with van der Waals surface area (Å²) in [4.78, 5) is 48.9. The molecule has 1 saturated heterocycles. The maximum atomic E-state index is 12.7. The Balaban J connectivity index is 1.33. The molecule has 2 aromatic heterocycles. The second kappa shape index (κ2) is 13.8. The number of imidazole rings is 1. The van der Waals surface area contributed by atoms with Gasteiger partial charge in [0.2, 0.25) is 5.95 Å². The summed E-state index contributed by atoms with van der Waals surface area (Å²) in [5.41, 5.74) is 8.28. The van der Waals surface area contributed by atoms with Gasteiger partial charge in [0.1, 0.15) is 36.4 Å². The van der Waals surface area contributed by atoms with Gasteiger partial charge in [0.15, 0.2) is 6.23 Å². The molecule has 46 heavy (non-hydrogen) atoms. The fourth-order valence-electron chi connectivity index (χ4n) is 4.77. The lowest BCUT2D eigenvalue weighted by Gasteiger charge is -2.28. The van der Waals surface area contributed by atoms with Crippen LogP contribution in [0, 0.1) is 6.92 Å². The van der Waals surface area contributed by atoms with Gasteiger partial charge in [-0.1, -0.05) is 54.6 Å². The summed E-state index contributed by atoms with van der Waals surface area (Å²) >= 11 is 0. The van der Waals surface area contributed by atoms with Crippen molar-refractivity contribution in [2.75, 3.05) is 23.1 Å². The maximum absolute atomic E-state index is 12.7. The quantitative estimate of drug-likeness (QED) is 0.0717. The average molecular weight is 674 g/mol. The fourth-order valence-corrected chi connectivity index (χ4v) is 8.41. The Bertz CT molecular complexity index is 1820. The van der Waals surface area contributed by atoms with Crippen LogP contribution in [-0.2, 0) is 24.9 Å². The van der Waals surface area contributed by atoms with E-state index in [-0.39, 0.29) is 23.9 Å². The number of aliphatic hydroxyl groups is 2. The van der Waals surface area contributed by atoms with Crippen molar-refractivity contribution in [3.05, 3.63) is 94.8 Å². The molecule has 4 aromatic rings. The third-order valence-corrected chi connectivity index (χ3v) is 11.6. The molecule has 0 saturated carbocycles. The monoisotopic (exact) mass is 673 g/mol. The number of hydrogen-bond acceptors (Lipinski definition) is 11. The van der Waals surface area contributed by atoms with Crippen LogP contribution >= 0.6 is 15.1 Å². The molecule has 1 fully saturated rings. The molecule has 0 amide bonds. The first-order chi connectivity index (χ1) is 21.8. The molecule has 4 unspecified atom stereocenters. The first-order valence-electron chi connectivity index (χ1n) is 13.9. The third-order valence-electron chi connectivity index (χ3n) is 7.20. The Kier molecular flexibility index (Phi) is 10.0. The smallest absolute Gasteiger partial charge is 0.339 e. The van der Waals surface area contributed by atoms with E-state index in [2.05, 4.69) is 19.9 Å². The number of anilines is 2. The minimum Gasteiger partial charge on any atom is -0.387 e. The zero-order chi connectivity index (χ0) is 33.1. The van der Waals surface area contributed by atoms with Gasteiger partial charge in [-0.25, -0.2) is 4.98 Å². The topological polar surface area (TPSA) is 239 Å². The summed E-state index contributed by atoms with van der Waals surface area (Å²) in [5.74, 6) is -1.37. The number of nitrogens with zero attached hydrogens (tertiary/aromatic N) is 5. The first kappa shape index (κ1) is 33.4. The zero-order valence-corrected chi connectivity index (χ0v) is 26.3. The summed E-state index contributed by atoms with van der Waals surface area (Å²) in [6.07, 6.45) is -1.33. The van der Waals surface area contributed by atoms with Crippen molar-refractivity contribution in [2.45, 2.75) is 38.0 Å². The molecule has 7 N–H and O–H groups in total. The van der Waals surface area contributed by atoms with E-state index in [1.165, 1.54) is 30.6 Å². The third kappa shape index (κ3) is 7.69. The summed E-state index contributed by atoms with van der Waals surface area (Å²) in [6.45, 7) is 0.930. The van der Waals surface area contributed by atoms with Crippen LogP contribution in [0.3, 0.4) is 0 Å². The van der Waals surface area contributed by atoms with Gasteiger partial charge in [0.25, 0.3) is 5.56 Å². The van der Waals surface area contributed by atoms with Gasteiger partial charge in [0.05, 0.1) is 25.1 Å². The van der Waals surface area contributed by atoms with Crippen molar-refractivity contribution in [3.8, 4) is 11.1 Å². The summed E-state index contributed by atoms with van der Waals surface area (Å²) < 4.78 is 36.9. The van der Waals surface area contributed by atoms with Crippen LogP contribution in [0.4, 0.5) is 11.8 Å².